The first kappa shape index (κ1) is 36.2. The molecule has 2 aliphatic carbocycles. The fourth-order valence-electron chi connectivity index (χ4n) is 6.05. The van der Waals surface area contributed by atoms with E-state index < -0.39 is 12.2 Å². The van der Waals surface area contributed by atoms with Crippen LogP contribution in [0.25, 0.3) is 0 Å². The Balaban J connectivity index is 1.92. The molecular formula is C40H56O3. The van der Waals surface area contributed by atoms with Gasteiger partial charge in [0, 0.05) is 5.92 Å². The molecular weight excluding hydrogens is 528 g/mol. The second-order valence-corrected chi connectivity index (χ2v) is 13.8. The van der Waals surface area contributed by atoms with Crippen LogP contribution < -0.4 is 0 Å². The standard InChI is InChI=1S/C40H56O3/c1-28(17-13-19-30(3)21-23-35-32(5)25-34(41)26-39(35,7)8)15-11-12-16-29(2)18-14-20-31(4)22-24-36-33(6)38(43)37(42)27-40(36,9)10/h11-25,34-35,37-38,41-43H,26-27H2,1-10H3/b12-11+,17-13+,18-14+,23-21+,24-22+,28-15+,29-16+,30-19+,31-20+/t34-,35-,37-,38+/m0/s1. The lowest BCUT2D eigenvalue weighted by atomic mass is 9.67. The van der Waals surface area contributed by atoms with Crippen molar-refractivity contribution < 1.29 is 15.3 Å². The molecule has 3 nitrogen and oxygen atoms in total. The van der Waals surface area contributed by atoms with Crippen LogP contribution >= 0.6 is 0 Å². The van der Waals surface area contributed by atoms with Crippen molar-refractivity contribution in [3.05, 3.63) is 130 Å². The van der Waals surface area contributed by atoms with Crippen molar-refractivity contribution in [3.63, 3.8) is 0 Å². The van der Waals surface area contributed by atoms with E-state index in [-0.39, 0.29) is 16.9 Å². The van der Waals surface area contributed by atoms with Crippen LogP contribution in [-0.4, -0.2) is 33.6 Å². The van der Waals surface area contributed by atoms with Crippen molar-refractivity contribution in [2.45, 2.75) is 100 Å². The molecule has 0 aliphatic heterocycles. The Morgan fingerprint density at radius 2 is 1.19 bits per heavy atom. The lowest BCUT2D eigenvalue weighted by Crippen LogP contribution is -2.38. The molecule has 0 saturated heterocycles. The van der Waals surface area contributed by atoms with E-state index >= 15 is 0 Å². The molecule has 0 radical (unpaired) electrons. The number of allylic oxidation sites excluding steroid dienone is 20. The van der Waals surface area contributed by atoms with Crippen LogP contribution in [0.15, 0.2) is 130 Å². The van der Waals surface area contributed by atoms with Gasteiger partial charge in [-0.05, 0) is 76.4 Å². The summed E-state index contributed by atoms with van der Waals surface area (Å²) in [6.45, 7) is 21.1. The van der Waals surface area contributed by atoms with Gasteiger partial charge in [-0.1, -0.05) is 147 Å². The van der Waals surface area contributed by atoms with Crippen molar-refractivity contribution in [2.75, 3.05) is 0 Å². The van der Waals surface area contributed by atoms with Crippen LogP contribution in [0.1, 0.15) is 82.1 Å². The third kappa shape index (κ3) is 11.6. The molecule has 0 unspecified atom stereocenters. The highest BCUT2D eigenvalue weighted by Gasteiger charge is 2.37. The second kappa shape index (κ2) is 16.2. The van der Waals surface area contributed by atoms with Crippen LogP contribution in [0.5, 0.6) is 0 Å². The van der Waals surface area contributed by atoms with Crippen molar-refractivity contribution >= 4 is 0 Å². The molecule has 3 N–H and O–H groups in total. The highest BCUT2D eigenvalue weighted by molar-refractivity contribution is 5.39. The predicted octanol–water partition coefficient (Wildman–Crippen LogP) is 9.37. The molecule has 2 rings (SSSR count). The molecule has 0 aromatic rings. The Bertz CT molecular complexity index is 1310. The summed E-state index contributed by atoms with van der Waals surface area (Å²) in [7, 11) is 0. The van der Waals surface area contributed by atoms with Gasteiger partial charge in [-0.3, -0.25) is 0 Å². The minimum Gasteiger partial charge on any atom is -0.390 e. The highest BCUT2D eigenvalue weighted by Crippen LogP contribution is 2.42. The van der Waals surface area contributed by atoms with Gasteiger partial charge in [0.1, 0.15) is 6.10 Å². The smallest absolute Gasteiger partial charge is 0.101 e. The number of aliphatic hydroxyl groups is 3. The van der Waals surface area contributed by atoms with Gasteiger partial charge in [-0.2, -0.15) is 0 Å². The molecule has 0 bridgehead atoms. The first-order chi connectivity index (χ1) is 20.0. The normalized spacial score (nSPS) is 28.0. The zero-order valence-corrected chi connectivity index (χ0v) is 28.2. The lowest BCUT2D eigenvalue weighted by Gasteiger charge is -2.38. The fraction of sp³-hybridized carbons (Fsp3) is 0.450. The minimum absolute atomic E-state index is 0.0496. The molecule has 0 aromatic carbocycles. The molecule has 4 atom stereocenters. The summed E-state index contributed by atoms with van der Waals surface area (Å²) in [4.78, 5) is 0. The van der Waals surface area contributed by atoms with Gasteiger partial charge < -0.3 is 15.3 Å². The van der Waals surface area contributed by atoms with Gasteiger partial charge in [-0.15, -0.1) is 0 Å². The maximum absolute atomic E-state index is 10.3. The third-order valence-corrected chi connectivity index (χ3v) is 8.53. The largest absolute Gasteiger partial charge is 0.390 e. The van der Waals surface area contributed by atoms with Crippen molar-refractivity contribution in [2.24, 2.45) is 16.7 Å². The summed E-state index contributed by atoms with van der Waals surface area (Å²) < 4.78 is 0. The van der Waals surface area contributed by atoms with Gasteiger partial charge in [-0.25, -0.2) is 0 Å². The van der Waals surface area contributed by atoms with Gasteiger partial charge >= 0.3 is 0 Å². The monoisotopic (exact) mass is 584 g/mol. The van der Waals surface area contributed by atoms with E-state index in [1.165, 1.54) is 16.7 Å². The van der Waals surface area contributed by atoms with E-state index in [9.17, 15) is 15.3 Å². The zero-order chi connectivity index (χ0) is 32.4. The average molecular weight is 585 g/mol. The quantitative estimate of drug-likeness (QED) is 0.177. The molecule has 0 spiro atoms. The van der Waals surface area contributed by atoms with Crippen LogP contribution in [0.4, 0.5) is 0 Å². The van der Waals surface area contributed by atoms with E-state index in [0.717, 1.165) is 28.7 Å². The topological polar surface area (TPSA) is 60.7 Å². The molecule has 0 fully saturated rings. The zero-order valence-electron chi connectivity index (χ0n) is 28.2. The molecule has 234 valence electrons. The average Bonchev–Trinajstić information content (AvgIpc) is 2.88. The molecule has 0 saturated carbocycles. The fourth-order valence-corrected chi connectivity index (χ4v) is 6.05. The van der Waals surface area contributed by atoms with E-state index in [2.05, 4.69) is 141 Å². The number of rotatable bonds is 10. The van der Waals surface area contributed by atoms with Crippen LogP contribution in [-0.2, 0) is 0 Å². The SMILES string of the molecule is CC1=C[C@H](O)CC(C)(C)[C@H]1/C=C/C(C)=C/C=C/C(C)=C/C=C/C=C(C)/C=C/C=C(C)/C=C/C1=C(C)[C@@H](O)[C@@H](O)CC1(C)C. The summed E-state index contributed by atoms with van der Waals surface area (Å²) in [6, 6.07) is 0. The Kier molecular flexibility index (Phi) is 13.6. The van der Waals surface area contributed by atoms with Crippen LogP contribution in [0, 0.1) is 16.7 Å². The Morgan fingerprint density at radius 1 is 0.698 bits per heavy atom. The van der Waals surface area contributed by atoms with Gasteiger partial charge in [0.15, 0.2) is 0 Å². The van der Waals surface area contributed by atoms with E-state index in [0.29, 0.717) is 12.3 Å². The summed E-state index contributed by atoms with van der Waals surface area (Å²) in [5.74, 6) is 0.340. The predicted molar refractivity (Wildman–Crippen MR) is 185 cm³/mol. The molecule has 2 aliphatic rings. The first-order valence-corrected chi connectivity index (χ1v) is 15.6. The molecule has 3 heteroatoms. The molecule has 43 heavy (non-hydrogen) atoms. The van der Waals surface area contributed by atoms with Crippen LogP contribution in [0.3, 0.4) is 0 Å². The van der Waals surface area contributed by atoms with Gasteiger partial charge in [0.05, 0.1) is 12.2 Å². The van der Waals surface area contributed by atoms with Crippen molar-refractivity contribution in [1.29, 1.82) is 0 Å². The summed E-state index contributed by atoms with van der Waals surface area (Å²) in [6.07, 6.45) is 30.9. The van der Waals surface area contributed by atoms with Crippen molar-refractivity contribution in [3.8, 4) is 0 Å². The summed E-state index contributed by atoms with van der Waals surface area (Å²) >= 11 is 0. The van der Waals surface area contributed by atoms with Crippen LogP contribution in [0.2, 0.25) is 0 Å². The maximum atomic E-state index is 10.3. The number of hydrogen-bond donors (Lipinski definition) is 3. The Labute approximate surface area is 262 Å². The Hall–Kier alpha value is -2.98. The first-order valence-electron chi connectivity index (χ1n) is 15.6. The van der Waals surface area contributed by atoms with E-state index in [1.54, 1.807) is 0 Å². The number of hydrogen-bond acceptors (Lipinski definition) is 3. The highest BCUT2D eigenvalue weighted by atomic mass is 16.3. The van der Waals surface area contributed by atoms with Gasteiger partial charge in [0.2, 0.25) is 0 Å². The molecule has 0 heterocycles. The minimum atomic E-state index is -0.792. The van der Waals surface area contributed by atoms with E-state index in [1.807, 2.05) is 19.1 Å². The summed E-state index contributed by atoms with van der Waals surface area (Å²) in [5, 5.41) is 30.5. The lowest BCUT2D eigenvalue weighted by molar-refractivity contribution is 0.00686. The number of aliphatic hydroxyl groups excluding tert-OH is 3. The molecule has 0 amide bonds. The molecule has 0 aromatic heterocycles. The maximum Gasteiger partial charge on any atom is 0.101 e. The Morgan fingerprint density at radius 3 is 1.72 bits per heavy atom. The van der Waals surface area contributed by atoms with Gasteiger partial charge in [0.25, 0.3) is 0 Å². The van der Waals surface area contributed by atoms with Crippen molar-refractivity contribution in [1.82, 2.24) is 0 Å². The second-order valence-electron chi connectivity index (χ2n) is 13.8. The third-order valence-electron chi connectivity index (χ3n) is 8.53. The summed E-state index contributed by atoms with van der Waals surface area (Å²) in [5.41, 5.74) is 7.70. The van der Waals surface area contributed by atoms with E-state index in [4.69, 9.17) is 0 Å².